The SMILES string of the molecule is O=C1CCCNCC1Br. The van der Waals surface area contributed by atoms with Crippen LogP contribution in [0.3, 0.4) is 0 Å². The average Bonchev–Trinajstić information content (AvgIpc) is 1.99. The zero-order valence-corrected chi connectivity index (χ0v) is 6.78. The van der Waals surface area contributed by atoms with Gasteiger partial charge in [-0.2, -0.15) is 0 Å². The molecule has 0 radical (unpaired) electrons. The molecular formula is C6H10BrNO. The van der Waals surface area contributed by atoms with E-state index in [0.29, 0.717) is 5.78 Å². The summed E-state index contributed by atoms with van der Waals surface area (Å²) in [5.74, 6) is 0.333. The number of carbonyl (C=O) groups is 1. The lowest BCUT2D eigenvalue weighted by Crippen LogP contribution is -2.24. The Morgan fingerprint density at radius 1 is 1.67 bits per heavy atom. The van der Waals surface area contributed by atoms with Gasteiger partial charge in [-0.25, -0.2) is 0 Å². The van der Waals surface area contributed by atoms with Gasteiger partial charge in [-0.3, -0.25) is 4.79 Å². The van der Waals surface area contributed by atoms with Gasteiger partial charge >= 0.3 is 0 Å². The molecule has 2 nitrogen and oxygen atoms in total. The van der Waals surface area contributed by atoms with E-state index in [-0.39, 0.29) is 4.83 Å². The molecule has 3 heteroatoms. The van der Waals surface area contributed by atoms with Crippen LogP contribution < -0.4 is 5.32 Å². The third-order valence-corrected chi connectivity index (χ3v) is 2.28. The van der Waals surface area contributed by atoms with Crippen LogP contribution in [0.5, 0.6) is 0 Å². The Labute approximate surface area is 63.1 Å². The van der Waals surface area contributed by atoms with Crippen molar-refractivity contribution < 1.29 is 4.79 Å². The first-order chi connectivity index (χ1) is 4.30. The Morgan fingerprint density at radius 2 is 2.44 bits per heavy atom. The van der Waals surface area contributed by atoms with Crippen molar-refractivity contribution in [2.24, 2.45) is 0 Å². The molecule has 0 bridgehead atoms. The first-order valence-electron chi connectivity index (χ1n) is 3.18. The van der Waals surface area contributed by atoms with Crippen LogP contribution in [0.25, 0.3) is 0 Å². The molecule has 9 heavy (non-hydrogen) atoms. The Bertz CT molecular complexity index is 116. The predicted molar refractivity (Wildman–Crippen MR) is 39.8 cm³/mol. The summed E-state index contributed by atoms with van der Waals surface area (Å²) in [6, 6.07) is 0. The second-order valence-electron chi connectivity index (χ2n) is 2.24. The molecule has 1 rings (SSSR count). The van der Waals surface area contributed by atoms with Gasteiger partial charge in [0, 0.05) is 13.0 Å². The molecule has 1 aliphatic rings. The van der Waals surface area contributed by atoms with Crippen molar-refractivity contribution >= 4 is 21.7 Å². The Hall–Kier alpha value is 0.110. The number of halogens is 1. The van der Waals surface area contributed by atoms with Crippen molar-refractivity contribution in [2.45, 2.75) is 17.7 Å². The fourth-order valence-electron chi connectivity index (χ4n) is 0.887. The molecule has 0 spiro atoms. The van der Waals surface area contributed by atoms with E-state index < -0.39 is 0 Å². The zero-order valence-electron chi connectivity index (χ0n) is 5.19. The summed E-state index contributed by atoms with van der Waals surface area (Å²) < 4.78 is 0. The minimum atomic E-state index is 0.0556. The Balaban J connectivity index is 2.41. The average molecular weight is 192 g/mol. The van der Waals surface area contributed by atoms with Gasteiger partial charge in [-0.15, -0.1) is 0 Å². The van der Waals surface area contributed by atoms with E-state index in [0.717, 1.165) is 25.9 Å². The predicted octanol–water partition coefficient (Wildman–Crippen LogP) is 0.702. The van der Waals surface area contributed by atoms with Crippen molar-refractivity contribution in [1.82, 2.24) is 5.32 Å². The van der Waals surface area contributed by atoms with Gasteiger partial charge in [0.15, 0.2) is 0 Å². The summed E-state index contributed by atoms with van der Waals surface area (Å²) in [5, 5.41) is 3.16. The fraction of sp³-hybridized carbons (Fsp3) is 0.833. The van der Waals surface area contributed by atoms with Crippen molar-refractivity contribution in [1.29, 1.82) is 0 Å². The largest absolute Gasteiger partial charge is 0.315 e. The number of Topliss-reactive ketones (excluding diaryl/α,β-unsaturated/α-hetero) is 1. The summed E-state index contributed by atoms with van der Waals surface area (Å²) in [7, 11) is 0. The van der Waals surface area contributed by atoms with Crippen LogP contribution in [0.2, 0.25) is 0 Å². The van der Waals surface area contributed by atoms with Crippen LogP contribution in [-0.2, 0) is 4.79 Å². The first-order valence-corrected chi connectivity index (χ1v) is 4.10. The summed E-state index contributed by atoms with van der Waals surface area (Å²) in [5.41, 5.74) is 0. The number of alkyl halides is 1. The van der Waals surface area contributed by atoms with Crippen LogP contribution in [0.4, 0.5) is 0 Å². The van der Waals surface area contributed by atoms with E-state index in [2.05, 4.69) is 21.2 Å². The number of rotatable bonds is 0. The lowest BCUT2D eigenvalue weighted by atomic mass is 10.2. The molecule has 0 saturated carbocycles. The maximum atomic E-state index is 10.9. The van der Waals surface area contributed by atoms with Crippen molar-refractivity contribution in [3.8, 4) is 0 Å². The highest BCUT2D eigenvalue weighted by molar-refractivity contribution is 9.10. The molecule has 0 aromatic heterocycles. The van der Waals surface area contributed by atoms with Crippen LogP contribution in [0.15, 0.2) is 0 Å². The third-order valence-electron chi connectivity index (χ3n) is 1.45. The molecule has 0 aromatic carbocycles. The molecule has 0 aliphatic carbocycles. The van der Waals surface area contributed by atoms with Gasteiger partial charge < -0.3 is 5.32 Å². The number of hydrogen-bond donors (Lipinski definition) is 1. The van der Waals surface area contributed by atoms with Crippen molar-refractivity contribution in [3.05, 3.63) is 0 Å². The third kappa shape index (κ3) is 2.06. The van der Waals surface area contributed by atoms with Crippen molar-refractivity contribution in [2.75, 3.05) is 13.1 Å². The maximum Gasteiger partial charge on any atom is 0.147 e. The molecule has 1 saturated heterocycles. The van der Waals surface area contributed by atoms with E-state index in [1.165, 1.54) is 0 Å². The number of carbonyl (C=O) groups excluding carboxylic acids is 1. The molecule has 0 aromatic rings. The van der Waals surface area contributed by atoms with Crippen molar-refractivity contribution in [3.63, 3.8) is 0 Å². The van der Waals surface area contributed by atoms with E-state index in [9.17, 15) is 4.79 Å². The monoisotopic (exact) mass is 191 g/mol. The molecule has 1 aliphatic heterocycles. The molecule has 52 valence electrons. The van der Waals surface area contributed by atoms with Gasteiger partial charge in [-0.1, -0.05) is 15.9 Å². The quantitative estimate of drug-likeness (QED) is 0.572. The van der Waals surface area contributed by atoms with Gasteiger partial charge in [0.2, 0.25) is 0 Å². The fourth-order valence-corrected chi connectivity index (χ4v) is 1.34. The molecular weight excluding hydrogens is 182 g/mol. The highest BCUT2D eigenvalue weighted by Crippen LogP contribution is 2.07. The normalized spacial score (nSPS) is 29.9. The summed E-state index contributed by atoms with van der Waals surface area (Å²) in [4.78, 5) is 11.0. The second kappa shape index (κ2) is 3.32. The topological polar surface area (TPSA) is 29.1 Å². The maximum absolute atomic E-state index is 10.9. The van der Waals surface area contributed by atoms with Gasteiger partial charge in [0.25, 0.3) is 0 Å². The summed E-state index contributed by atoms with van der Waals surface area (Å²) in [6.07, 6.45) is 1.71. The molecule has 1 unspecified atom stereocenters. The smallest absolute Gasteiger partial charge is 0.147 e. The zero-order chi connectivity index (χ0) is 6.69. The molecule has 1 N–H and O–H groups in total. The molecule has 0 amide bonds. The minimum Gasteiger partial charge on any atom is -0.315 e. The lowest BCUT2D eigenvalue weighted by Gasteiger charge is -2.01. The Morgan fingerprint density at radius 3 is 3.22 bits per heavy atom. The summed E-state index contributed by atoms with van der Waals surface area (Å²) in [6.45, 7) is 1.77. The van der Waals surface area contributed by atoms with Crippen LogP contribution in [-0.4, -0.2) is 23.7 Å². The van der Waals surface area contributed by atoms with Gasteiger partial charge in [-0.05, 0) is 13.0 Å². The number of nitrogens with one attached hydrogen (secondary N) is 1. The summed E-state index contributed by atoms with van der Waals surface area (Å²) >= 11 is 3.29. The first kappa shape index (κ1) is 7.22. The Kier molecular flexibility index (Phi) is 2.66. The molecule has 1 atom stereocenters. The van der Waals surface area contributed by atoms with E-state index in [1.807, 2.05) is 0 Å². The lowest BCUT2D eigenvalue weighted by molar-refractivity contribution is -0.118. The number of hydrogen-bond acceptors (Lipinski definition) is 2. The second-order valence-corrected chi connectivity index (χ2v) is 3.35. The highest BCUT2D eigenvalue weighted by atomic mass is 79.9. The van der Waals surface area contributed by atoms with Gasteiger partial charge in [0.1, 0.15) is 5.78 Å². The van der Waals surface area contributed by atoms with E-state index in [4.69, 9.17) is 0 Å². The van der Waals surface area contributed by atoms with Crippen LogP contribution >= 0.6 is 15.9 Å². The molecule has 1 heterocycles. The van der Waals surface area contributed by atoms with Gasteiger partial charge in [0.05, 0.1) is 4.83 Å². The van der Waals surface area contributed by atoms with E-state index >= 15 is 0 Å². The number of ketones is 1. The van der Waals surface area contributed by atoms with E-state index in [1.54, 1.807) is 0 Å². The van der Waals surface area contributed by atoms with Crippen LogP contribution in [0.1, 0.15) is 12.8 Å². The molecule has 1 fully saturated rings. The standard InChI is InChI=1S/C6H10BrNO/c7-5-4-8-3-1-2-6(5)9/h5,8H,1-4H2. The minimum absolute atomic E-state index is 0.0556. The van der Waals surface area contributed by atoms with Crippen LogP contribution in [0, 0.1) is 0 Å². The highest BCUT2D eigenvalue weighted by Gasteiger charge is 2.16.